The summed E-state index contributed by atoms with van der Waals surface area (Å²) in [6, 6.07) is 13.2. The number of carbonyl (C=O) groups is 2. The summed E-state index contributed by atoms with van der Waals surface area (Å²) in [5.41, 5.74) is 1.98. The van der Waals surface area contributed by atoms with E-state index < -0.39 is 0 Å². The quantitative estimate of drug-likeness (QED) is 0.620. The second-order valence-corrected chi connectivity index (χ2v) is 6.68. The van der Waals surface area contributed by atoms with E-state index in [1.54, 1.807) is 12.1 Å². The van der Waals surface area contributed by atoms with Crippen molar-refractivity contribution in [2.45, 2.75) is 19.8 Å². The smallest absolute Gasteiger partial charge is 0.286 e. The van der Waals surface area contributed by atoms with E-state index in [4.69, 9.17) is 4.42 Å². The molecule has 2 heterocycles. The molecular formula is C19H19N3O3S. The molecule has 26 heavy (non-hydrogen) atoms. The van der Waals surface area contributed by atoms with Gasteiger partial charge in [-0.2, -0.15) is 0 Å². The first-order chi connectivity index (χ1) is 12.6. The van der Waals surface area contributed by atoms with Gasteiger partial charge in [-0.25, -0.2) is 4.98 Å². The van der Waals surface area contributed by atoms with Gasteiger partial charge in [0, 0.05) is 13.0 Å². The minimum absolute atomic E-state index is 0.120. The number of hydrogen-bond donors (Lipinski definition) is 2. The molecule has 2 aromatic heterocycles. The third-order valence-electron chi connectivity index (χ3n) is 3.69. The predicted octanol–water partition coefficient (Wildman–Crippen LogP) is 3.86. The molecule has 3 rings (SSSR count). The van der Waals surface area contributed by atoms with Crippen LogP contribution in [-0.2, 0) is 4.79 Å². The standard InChI is InChI=1S/C19H19N3O3S/c1-13-17(14-7-3-2-4-8-14)26-19(21-13)22-16(23)10-5-11-20-18(24)15-9-6-12-25-15/h2-4,6-9,12H,5,10-11H2,1H3,(H,20,24)(H,21,22,23). The van der Waals surface area contributed by atoms with E-state index in [2.05, 4.69) is 15.6 Å². The Bertz CT molecular complexity index is 873. The molecule has 0 fully saturated rings. The van der Waals surface area contributed by atoms with Gasteiger partial charge in [-0.15, -0.1) is 0 Å². The van der Waals surface area contributed by atoms with Gasteiger partial charge in [-0.3, -0.25) is 9.59 Å². The molecule has 0 saturated carbocycles. The van der Waals surface area contributed by atoms with Gasteiger partial charge in [0.2, 0.25) is 5.91 Å². The van der Waals surface area contributed by atoms with E-state index in [-0.39, 0.29) is 17.6 Å². The molecule has 0 atom stereocenters. The van der Waals surface area contributed by atoms with Crippen molar-refractivity contribution in [3.8, 4) is 10.4 Å². The minimum atomic E-state index is -0.279. The Morgan fingerprint density at radius 3 is 2.69 bits per heavy atom. The number of furan rings is 1. The maximum absolute atomic E-state index is 12.1. The highest BCUT2D eigenvalue weighted by atomic mass is 32.1. The first kappa shape index (κ1) is 17.9. The summed E-state index contributed by atoms with van der Waals surface area (Å²) in [7, 11) is 0. The number of rotatable bonds is 7. The lowest BCUT2D eigenvalue weighted by atomic mass is 10.2. The van der Waals surface area contributed by atoms with Crippen molar-refractivity contribution >= 4 is 28.3 Å². The van der Waals surface area contributed by atoms with Gasteiger partial charge in [-0.1, -0.05) is 41.7 Å². The summed E-state index contributed by atoms with van der Waals surface area (Å²) in [4.78, 5) is 29.2. The lowest BCUT2D eigenvalue weighted by Gasteiger charge is -2.03. The number of amides is 2. The van der Waals surface area contributed by atoms with Crippen LogP contribution in [-0.4, -0.2) is 23.3 Å². The van der Waals surface area contributed by atoms with Crippen molar-refractivity contribution in [1.82, 2.24) is 10.3 Å². The molecule has 0 aliphatic rings. The van der Waals surface area contributed by atoms with E-state index in [0.717, 1.165) is 16.1 Å². The largest absolute Gasteiger partial charge is 0.459 e. The Morgan fingerprint density at radius 1 is 1.15 bits per heavy atom. The lowest BCUT2D eigenvalue weighted by molar-refractivity contribution is -0.116. The monoisotopic (exact) mass is 369 g/mol. The van der Waals surface area contributed by atoms with Crippen LogP contribution in [0.25, 0.3) is 10.4 Å². The van der Waals surface area contributed by atoms with Crippen molar-refractivity contribution in [2.75, 3.05) is 11.9 Å². The van der Waals surface area contributed by atoms with Crippen LogP contribution in [0.15, 0.2) is 53.1 Å². The maximum Gasteiger partial charge on any atom is 0.286 e. The molecule has 3 aromatic rings. The second-order valence-electron chi connectivity index (χ2n) is 5.68. The van der Waals surface area contributed by atoms with Gasteiger partial charge in [0.25, 0.3) is 5.91 Å². The Morgan fingerprint density at radius 2 is 1.96 bits per heavy atom. The molecule has 0 unspecified atom stereocenters. The molecule has 0 radical (unpaired) electrons. The highest BCUT2D eigenvalue weighted by molar-refractivity contribution is 7.19. The number of aryl methyl sites for hydroxylation is 1. The Balaban J connectivity index is 1.46. The summed E-state index contributed by atoms with van der Waals surface area (Å²) in [6.45, 7) is 2.33. The topological polar surface area (TPSA) is 84.2 Å². The highest BCUT2D eigenvalue weighted by Gasteiger charge is 2.12. The minimum Gasteiger partial charge on any atom is -0.459 e. The summed E-state index contributed by atoms with van der Waals surface area (Å²) in [5, 5.41) is 6.13. The van der Waals surface area contributed by atoms with Gasteiger partial charge in [-0.05, 0) is 31.0 Å². The fraction of sp³-hybridized carbons (Fsp3) is 0.211. The molecule has 134 valence electrons. The van der Waals surface area contributed by atoms with Crippen LogP contribution in [0.2, 0.25) is 0 Å². The second kappa shape index (κ2) is 8.44. The summed E-state index contributed by atoms with van der Waals surface area (Å²) < 4.78 is 5.00. The van der Waals surface area contributed by atoms with Gasteiger partial charge < -0.3 is 15.1 Å². The first-order valence-electron chi connectivity index (χ1n) is 8.28. The summed E-state index contributed by atoms with van der Waals surface area (Å²) in [6.07, 6.45) is 2.29. The molecule has 7 heteroatoms. The van der Waals surface area contributed by atoms with Gasteiger partial charge in [0.05, 0.1) is 16.8 Å². The van der Waals surface area contributed by atoms with Crippen LogP contribution < -0.4 is 10.6 Å². The van der Waals surface area contributed by atoms with Gasteiger partial charge in [0.1, 0.15) is 0 Å². The number of aromatic nitrogens is 1. The fourth-order valence-electron chi connectivity index (χ4n) is 2.43. The van der Waals surface area contributed by atoms with E-state index >= 15 is 0 Å². The number of thiazole rings is 1. The van der Waals surface area contributed by atoms with Crippen molar-refractivity contribution < 1.29 is 14.0 Å². The normalized spacial score (nSPS) is 10.5. The number of carbonyl (C=O) groups excluding carboxylic acids is 2. The highest BCUT2D eigenvalue weighted by Crippen LogP contribution is 2.32. The zero-order valence-electron chi connectivity index (χ0n) is 14.3. The van der Waals surface area contributed by atoms with Crippen LogP contribution in [0.3, 0.4) is 0 Å². The van der Waals surface area contributed by atoms with E-state index in [1.807, 2.05) is 37.3 Å². The maximum atomic E-state index is 12.1. The molecular weight excluding hydrogens is 350 g/mol. The molecule has 0 saturated heterocycles. The third kappa shape index (κ3) is 4.58. The first-order valence-corrected chi connectivity index (χ1v) is 9.09. The Labute approximate surface area is 155 Å². The van der Waals surface area contributed by atoms with E-state index in [0.29, 0.717) is 24.5 Å². The third-order valence-corrected chi connectivity index (χ3v) is 4.81. The molecule has 2 N–H and O–H groups in total. The Hall–Kier alpha value is -2.93. The van der Waals surface area contributed by atoms with Crippen molar-refractivity contribution in [1.29, 1.82) is 0 Å². The molecule has 2 amide bonds. The lowest BCUT2D eigenvalue weighted by Crippen LogP contribution is -2.25. The van der Waals surface area contributed by atoms with Crippen molar-refractivity contribution in [3.63, 3.8) is 0 Å². The molecule has 0 aliphatic carbocycles. The zero-order chi connectivity index (χ0) is 18.4. The van der Waals surface area contributed by atoms with Gasteiger partial charge >= 0.3 is 0 Å². The van der Waals surface area contributed by atoms with E-state index in [9.17, 15) is 9.59 Å². The summed E-state index contributed by atoms with van der Waals surface area (Å²) in [5.74, 6) is -0.134. The molecule has 0 spiro atoms. The van der Waals surface area contributed by atoms with Crippen molar-refractivity contribution in [3.05, 3.63) is 60.2 Å². The zero-order valence-corrected chi connectivity index (χ0v) is 15.1. The van der Waals surface area contributed by atoms with Crippen LogP contribution in [0.1, 0.15) is 29.1 Å². The Kier molecular flexibility index (Phi) is 5.80. The molecule has 0 bridgehead atoms. The van der Waals surface area contributed by atoms with Crippen LogP contribution in [0, 0.1) is 6.92 Å². The number of nitrogens with zero attached hydrogens (tertiary/aromatic N) is 1. The van der Waals surface area contributed by atoms with Crippen LogP contribution in [0.4, 0.5) is 5.13 Å². The number of hydrogen-bond acceptors (Lipinski definition) is 5. The SMILES string of the molecule is Cc1nc(NC(=O)CCCNC(=O)c2ccco2)sc1-c1ccccc1. The number of anilines is 1. The average molecular weight is 369 g/mol. The molecule has 0 aliphatic heterocycles. The van der Waals surface area contributed by atoms with Crippen molar-refractivity contribution in [2.24, 2.45) is 0 Å². The predicted molar refractivity (Wildman–Crippen MR) is 101 cm³/mol. The number of benzene rings is 1. The number of nitrogens with one attached hydrogen (secondary N) is 2. The molecule has 6 nitrogen and oxygen atoms in total. The van der Waals surface area contributed by atoms with Gasteiger partial charge in [0.15, 0.2) is 10.9 Å². The average Bonchev–Trinajstić information content (AvgIpc) is 3.29. The van der Waals surface area contributed by atoms with E-state index in [1.165, 1.54) is 17.6 Å². The van der Waals surface area contributed by atoms with Crippen LogP contribution >= 0.6 is 11.3 Å². The molecule has 1 aromatic carbocycles. The summed E-state index contributed by atoms with van der Waals surface area (Å²) >= 11 is 1.46. The fourth-order valence-corrected chi connectivity index (χ4v) is 3.42. The van der Waals surface area contributed by atoms with Crippen LogP contribution in [0.5, 0.6) is 0 Å².